The third-order valence-corrected chi connectivity index (χ3v) is 6.44. The maximum absolute atomic E-state index is 13.1. The normalized spacial score (nSPS) is 13.6. The number of carbonyl (C=O) groups excluding carboxylic acids is 2. The van der Waals surface area contributed by atoms with Crippen LogP contribution in [0, 0.1) is 19.8 Å². The van der Waals surface area contributed by atoms with Crippen LogP contribution < -0.4 is 10.6 Å². The fourth-order valence-corrected chi connectivity index (χ4v) is 4.21. The van der Waals surface area contributed by atoms with Crippen LogP contribution >= 0.6 is 0 Å². The van der Waals surface area contributed by atoms with E-state index in [0.717, 1.165) is 28.8 Å². The molecule has 0 spiro atoms. The largest absolute Gasteiger partial charge is 0.416 e. The molecule has 200 valence electrons. The van der Waals surface area contributed by atoms with E-state index in [1.807, 2.05) is 13.8 Å². The zero-order chi connectivity index (χ0) is 27.7. The molecule has 39 heavy (non-hydrogen) atoms. The number of pyridine rings is 1. The van der Waals surface area contributed by atoms with E-state index in [4.69, 9.17) is 4.74 Å². The van der Waals surface area contributed by atoms with Gasteiger partial charge in [0.15, 0.2) is 0 Å². The van der Waals surface area contributed by atoms with Crippen LogP contribution in [-0.2, 0) is 15.7 Å². The molecular formula is C28H24F3N5O3. The number of amides is 2. The number of carbonyl (C=O) groups is 2. The molecule has 0 saturated carbocycles. The summed E-state index contributed by atoms with van der Waals surface area (Å²) in [4.78, 5) is 29.6. The first kappa shape index (κ1) is 26.1. The first-order chi connectivity index (χ1) is 18.6. The molecule has 11 heteroatoms. The van der Waals surface area contributed by atoms with Gasteiger partial charge in [0, 0.05) is 40.5 Å². The van der Waals surface area contributed by atoms with E-state index in [1.165, 1.54) is 12.1 Å². The molecule has 1 aliphatic heterocycles. The Hall–Kier alpha value is -4.51. The van der Waals surface area contributed by atoms with Crippen molar-refractivity contribution in [2.45, 2.75) is 20.0 Å². The van der Waals surface area contributed by atoms with Crippen LogP contribution in [0.15, 0.2) is 67.1 Å². The molecule has 1 saturated heterocycles. The Kier molecular flexibility index (Phi) is 6.92. The molecule has 0 bridgehead atoms. The minimum absolute atomic E-state index is 0.108. The van der Waals surface area contributed by atoms with Gasteiger partial charge in [-0.1, -0.05) is 12.1 Å². The number of benzene rings is 2. The lowest BCUT2D eigenvalue weighted by atomic mass is 10.0. The van der Waals surface area contributed by atoms with Crippen LogP contribution in [0.3, 0.4) is 0 Å². The molecular weight excluding hydrogens is 511 g/mol. The van der Waals surface area contributed by atoms with Gasteiger partial charge >= 0.3 is 6.18 Å². The summed E-state index contributed by atoms with van der Waals surface area (Å²) in [5, 5.41) is 10.1. The number of nitrogens with zero attached hydrogens (tertiary/aromatic N) is 3. The molecule has 1 fully saturated rings. The van der Waals surface area contributed by atoms with E-state index in [1.54, 1.807) is 47.5 Å². The Morgan fingerprint density at radius 2 is 1.85 bits per heavy atom. The van der Waals surface area contributed by atoms with Gasteiger partial charge < -0.3 is 15.4 Å². The molecule has 0 unspecified atom stereocenters. The van der Waals surface area contributed by atoms with Crippen LogP contribution in [0.5, 0.6) is 0 Å². The Morgan fingerprint density at radius 3 is 2.56 bits per heavy atom. The summed E-state index contributed by atoms with van der Waals surface area (Å²) in [6.45, 7) is 4.49. The van der Waals surface area contributed by atoms with E-state index in [-0.39, 0.29) is 17.4 Å². The molecule has 1 aliphatic rings. The van der Waals surface area contributed by atoms with Crippen molar-refractivity contribution in [3.8, 4) is 16.8 Å². The van der Waals surface area contributed by atoms with Gasteiger partial charge in [0.1, 0.15) is 0 Å². The Morgan fingerprint density at radius 1 is 1.05 bits per heavy atom. The number of anilines is 2. The van der Waals surface area contributed by atoms with Crippen molar-refractivity contribution in [1.29, 1.82) is 0 Å². The summed E-state index contributed by atoms with van der Waals surface area (Å²) in [7, 11) is 0. The summed E-state index contributed by atoms with van der Waals surface area (Å²) in [6.07, 6.45) is 0.509. The fourth-order valence-electron chi connectivity index (χ4n) is 4.21. The average molecular weight is 536 g/mol. The average Bonchev–Trinajstić information content (AvgIpc) is 3.33. The highest BCUT2D eigenvalue weighted by Crippen LogP contribution is 2.32. The Balaban J connectivity index is 1.40. The Labute approximate surface area is 221 Å². The van der Waals surface area contributed by atoms with Gasteiger partial charge in [-0.25, -0.2) is 4.68 Å². The van der Waals surface area contributed by atoms with Crippen LogP contribution in [0.25, 0.3) is 16.8 Å². The van der Waals surface area contributed by atoms with Gasteiger partial charge in [0.25, 0.3) is 5.91 Å². The summed E-state index contributed by atoms with van der Waals surface area (Å²) >= 11 is 0. The molecule has 0 aliphatic carbocycles. The van der Waals surface area contributed by atoms with Crippen molar-refractivity contribution in [3.05, 3.63) is 89.5 Å². The SMILES string of the molecule is Cc1ccc(NC(=O)c2cccc(C(F)(F)F)c2)cc1-n1cc(-c2c(NC(=O)C3COC3)ccnc2C)cn1. The zero-order valence-corrected chi connectivity index (χ0v) is 21.0. The van der Waals surface area contributed by atoms with Gasteiger partial charge in [0.2, 0.25) is 5.91 Å². The number of rotatable bonds is 6. The van der Waals surface area contributed by atoms with Crippen LogP contribution in [-0.4, -0.2) is 39.8 Å². The topological polar surface area (TPSA) is 98.1 Å². The van der Waals surface area contributed by atoms with Crippen LogP contribution in [0.2, 0.25) is 0 Å². The number of alkyl halides is 3. The number of ether oxygens (including phenoxy) is 1. The van der Waals surface area contributed by atoms with E-state index in [2.05, 4.69) is 20.7 Å². The van der Waals surface area contributed by atoms with Crippen molar-refractivity contribution in [3.63, 3.8) is 0 Å². The van der Waals surface area contributed by atoms with Crippen molar-refractivity contribution in [2.24, 2.45) is 5.92 Å². The second-order valence-electron chi connectivity index (χ2n) is 9.25. The monoisotopic (exact) mass is 535 g/mol. The molecule has 2 amide bonds. The number of halogens is 3. The predicted molar refractivity (Wildman–Crippen MR) is 139 cm³/mol. The third kappa shape index (κ3) is 5.53. The van der Waals surface area contributed by atoms with Gasteiger partial charge in [0.05, 0.1) is 42.3 Å². The van der Waals surface area contributed by atoms with Crippen molar-refractivity contribution < 1.29 is 27.5 Å². The van der Waals surface area contributed by atoms with E-state index in [0.29, 0.717) is 36.0 Å². The predicted octanol–water partition coefficient (Wildman–Crippen LogP) is 5.41. The first-order valence-corrected chi connectivity index (χ1v) is 12.1. The van der Waals surface area contributed by atoms with Crippen molar-refractivity contribution in [2.75, 3.05) is 23.8 Å². The maximum atomic E-state index is 13.1. The van der Waals surface area contributed by atoms with E-state index < -0.39 is 17.6 Å². The summed E-state index contributed by atoms with van der Waals surface area (Å²) in [6, 6.07) is 11.1. The van der Waals surface area contributed by atoms with Gasteiger partial charge in [-0.05, 0) is 55.8 Å². The quantitative estimate of drug-likeness (QED) is 0.344. The van der Waals surface area contributed by atoms with Gasteiger partial charge in [-0.3, -0.25) is 14.6 Å². The molecule has 4 aromatic rings. The number of hydrogen-bond acceptors (Lipinski definition) is 5. The first-order valence-electron chi connectivity index (χ1n) is 12.1. The van der Waals surface area contributed by atoms with Crippen LogP contribution in [0.4, 0.5) is 24.5 Å². The fraction of sp³-hybridized carbons (Fsp3) is 0.214. The second kappa shape index (κ2) is 10.3. The molecule has 0 radical (unpaired) electrons. The number of hydrogen-bond donors (Lipinski definition) is 2. The minimum atomic E-state index is -4.55. The molecule has 8 nitrogen and oxygen atoms in total. The minimum Gasteiger partial charge on any atom is -0.380 e. The maximum Gasteiger partial charge on any atom is 0.416 e. The highest BCUT2D eigenvalue weighted by atomic mass is 19.4. The highest BCUT2D eigenvalue weighted by molar-refractivity contribution is 6.04. The Bertz CT molecular complexity index is 1560. The number of nitrogens with one attached hydrogen (secondary N) is 2. The summed E-state index contributed by atoms with van der Waals surface area (Å²) in [5.41, 5.74) is 3.65. The number of aryl methyl sites for hydroxylation is 2. The third-order valence-electron chi connectivity index (χ3n) is 6.44. The molecule has 2 aromatic heterocycles. The van der Waals surface area contributed by atoms with E-state index >= 15 is 0 Å². The zero-order valence-electron chi connectivity index (χ0n) is 21.0. The molecule has 2 N–H and O–H groups in total. The summed E-state index contributed by atoms with van der Waals surface area (Å²) < 4.78 is 45.9. The van der Waals surface area contributed by atoms with Crippen molar-refractivity contribution >= 4 is 23.2 Å². The molecule has 2 aromatic carbocycles. The molecule has 3 heterocycles. The van der Waals surface area contributed by atoms with Gasteiger partial charge in [-0.15, -0.1) is 0 Å². The van der Waals surface area contributed by atoms with Crippen molar-refractivity contribution in [1.82, 2.24) is 14.8 Å². The lowest BCUT2D eigenvalue weighted by molar-refractivity contribution is -0.137. The smallest absolute Gasteiger partial charge is 0.380 e. The van der Waals surface area contributed by atoms with E-state index in [9.17, 15) is 22.8 Å². The summed E-state index contributed by atoms with van der Waals surface area (Å²) in [5.74, 6) is -0.980. The van der Waals surface area contributed by atoms with Crippen LogP contribution in [0.1, 0.15) is 27.2 Å². The lowest BCUT2D eigenvalue weighted by Crippen LogP contribution is -2.38. The molecule has 5 rings (SSSR count). The highest BCUT2D eigenvalue weighted by Gasteiger charge is 2.31. The second-order valence-corrected chi connectivity index (χ2v) is 9.25. The molecule has 0 atom stereocenters. The number of aromatic nitrogens is 3. The lowest BCUT2D eigenvalue weighted by Gasteiger charge is -2.25. The standard InChI is InChI=1S/C28H24F3N5O3/c1-16-6-7-22(34-26(37)18-4-3-5-21(10-18)28(29,30)31)11-24(16)36-13-19(12-33-36)25-17(2)32-9-8-23(25)35-27(38)20-14-39-15-20/h3-13,20H,14-15H2,1-2H3,(H,34,37)(H,32,35,38). The van der Waals surface area contributed by atoms with Gasteiger partial charge in [-0.2, -0.15) is 18.3 Å².